The maximum Gasteiger partial charge on any atom is 0.331 e. The van der Waals surface area contributed by atoms with Crippen molar-refractivity contribution in [2.75, 3.05) is 0 Å². The monoisotopic (exact) mass is 208 g/mol. The second-order valence-electron chi connectivity index (χ2n) is 4.30. The number of furan rings is 1. The first-order chi connectivity index (χ1) is 6.88. The van der Waals surface area contributed by atoms with E-state index in [1.165, 1.54) is 6.08 Å². The van der Waals surface area contributed by atoms with E-state index in [1.54, 1.807) is 18.4 Å². The molecule has 0 bridgehead atoms. The van der Waals surface area contributed by atoms with Gasteiger partial charge in [0.2, 0.25) is 0 Å². The fourth-order valence-electron chi connectivity index (χ4n) is 1.06. The van der Waals surface area contributed by atoms with Crippen LogP contribution in [0.3, 0.4) is 0 Å². The van der Waals surface area contributed by atoms with Gasteiger partial charge in [0.25, 0.3) is 0 Å². The molecule has 0 radical (unpaired) electrons. The van der Waals surface area contributed by atoms with Gasteiger partial charge >= 0.3 is 5.97 Å². The molecular weight excluding hydrogens is 192 g/mol. The minimum absolute atomic E-state index is 0.344. The van der Waals surface area contributed by atoms with E-state index >= 15 is 0 Å². The summed E-state index contributed by atoms with van der Waals surface area (Å²) < 4.78 is 10.2. The zero-order valence-corrected chi connectivity index (χ0v) is 9.53. The highest BCUT2D eigenvalue weighted by atomic mass is 16.6. The number of rotatable bonds is 2. The summed E-state index contributed by atoms with van der Waals surface area (Å²) in [5.41, 5.74) is 0.438. The van der Waals surface area contributed by atoms with E-state index in [0.29, 0.717) is 0 Å². The summed E-state index contributed by atoms with van der Waals surface area (Å²) in [7, 11) is 0. The SMILES string of the molecule is Cc1occc1/C=C/C(=O)OC(C)(C)C. The number of hydrogen-bond donors (Lipinski definition) is 0. The van der Waals surface area contributed by atoms with E-state index in [0.717, 1.165) is 11.3 Å². The van der Waals surface area contributed by atoms with Gasteiger partial charge in [-0.15, -0.1) is 0 Å². The van der Waals surface area contributed by atoms with Gasteiger partial charge in [-0.25, -0.2) is 4.79 Å². The maximum absolute atomic E-state index is 11.3. The van der Waals surface area contributed by atoms with E-state index in [2.05, 4.69) is 0 Å². The normalized spacial score (nSPS) is 12.0. The molecule has 1 heterocycles. The fourth-order valence-corrected chi connectivity index (χ4v) is 1.06. The third-order valence-corrected chi connectivity index (χ3v) is 1.70. The maximum atomic E-state index is 11.3. The Morgan fingerprint density at radius 1 is 1.47 bits per heavy atom. The average Bonchev–Trinajstić information content (AvgIpc) is 2.44. The van der Waals surface area contributed by atoms with Crippen LogP contribution in [0.15, 0.2) is 22.8 Å². The Kier molecular flexibility index (Phi) is 3.35. The lowest BCUT2D eigenvalue weighted by Gasteiger charge is -2.17. The van der Waals surface area contributed by atoms with E-state index in [-0.39, 0.29) is 5.97 Å². The Labute approximate surface area is 89.7 Å². The fraction of sp³-hybridized carbons (Fsp3) is 0.417. The molecule has 0 amide bonds. The molecule has 0 spiro atoms. The molecule has 0 aliphatic rings. The van der Waals surface area contributed by atoms with Gasteiger partial charge < -0.3 is 9.15 Å². The van der Waals surface area contributed by atoms with Gasteiger partial charge in [-0.2, -0.15) is 0 Å². The van der Waals surface area contributed by atoms with Crippen LogP contribution in [-0.4, -0.2) is 11.6 Å². The van der Waals surface area contributed by atoms with Crippen LogP contribution in [0.2, 0.25) is 0 Å². The molecule has 1 aromatic heterocycles. The number of esters is 1. The van der Waals surface area contributed by atoms with Crippen molar-refractivity contribution in [1.29, 1.82) is 0 Å². The Bertz CT molecular complexity index is 366. The lowest BCUT2D eigenvalue weighted by molar-refractivity contribution is -0.148. The molecule has 0 unspecified atom stereocenters. The summed E-state index contributed by atoms with van der Waals surface area (Å²) in [6, 6.07) is 1.80. The molecule has 1 rings (SSSR count). The van der Waals surface area contributed by atoms with E-state index in [9.17, 15) is 4.79 Å². The summed E-state index contributed by atoms with van der Waals surface area (Å²) in [5, 5.41) is 0. The Morgan fingerprint density at radius 3 is 2.60 bits per heavy atom. The highest BCUT2D eigenvalue weighted by molar-refractivity contribution is 5.87. The second-order valence-corrected chi connectivity index (χ2v) is 4.30. The molecule has 0 saturated heterocycles. The second kappa shape index (κ2) is 4.34. The van der Waals surface area contributed by atoms with E-state index in [4.69, 9.17) is 9.15 Å². The summed E-state index contributed by atoms with van der Waals surface area (Å²) in [6.45, 7) is 7.35. The van der Waals surface area contributed by atoms with Gasteiger partial charge in [-0.05, 0) is 39.8 Å². The molecule has 3 nitrogen and oxygen atoms in total. The first-order valence-corrected chi connectivity index (χ1v) is 4.83. The molecule has 0 fully saturated rings. The third-order valence-electron chi connectivity index (χ3n) is 1.70. The molecule has 0 N–H and O–H groups in total. The molecule has 15 heavy (non-hydrogen) atoms. The van der Waals surface area contributed by atoms with Crippen LogP contribution in [0.4, 0.5) is 0 Å². The van der Waals surface area contributed by atoms with Gasteiger partial charge in [0.1, 0.15) is 11.4 Å². The molecule has 0 aromatic carbocycles. The van der Waals surface area contributed by atoms with E-state index in [1.807, 2.05) is 27.7 Å². The molecule has 3 heteroatoms. The van der Waals surface area contributed by atoms with Crippen LogP contribution in [-0.2, 0) is 9.53 Å². The van der Waals surface area contributed by atoms with E-state index < -0.39 is 5.60 Å². The van der Waals surface area contributed by atoms with Crippen molar-refractivity contribution in [3.05, 3.63) is 29.7 Å². The van der Waals surface area contributed by atoms with Gasteiger partial charge in [-0.1, -0.05) is 0 Å². The predicted octanol–water partition coefficient (Wildman–Crippen LogP) is 2.94. The summed E-state index contributed by atoms with van der Waals surface area (Å²) >= 11 is 0. The van der Waals surface area contributed by atoms with Crippen LogP contribution >= 0.6 is 0 Å². The number of carbonyl (C=O) groups excluding carboxylic acids is 1. The van der Waals surface area contributed by atoms with Crippen molar-refractivity contribution in [1.82, 2.24) is 0 Å². The van der Waals surface area contributed by atoms with Gasteiger partial charge in [0.15, 0.2) is 0 Å². The van der Waals surface area contributed by atoms with Crippen LogP contribution in [0.1, 0.15) is 32.1 Å². The highest BCUT2D eigenvalue weighted by Gasteiger charge is 2.13. The van der Waals surface area contributed by atoms with Gasteiger partial charge in [-0.3, -0.25) is 0 Å². The smallest absolute Gasteiger partial charge is 0.331 e. The Morgan fingerprint density at radius 2 is 2.13 bits per heavy atom. The van der Waals surface area contributed by atoms with Crippen molar-refractivity contribution in [2.24, 2.45) is 0 Å². The average molecular weight is 208 g/mol. The lowest BCUT2D eigenvalue weighted by Crippen LogP contribution is -2.22. The largest absolute Gasteiger partial charge is 0.469 e. The zero-order chi connectivity index (χ0) is 11.5. The quantitative estimate of drug-likeness (QED) is 0.554. The molecular formula is C12H16O3. The standard InChI is InChI=1S/C12H16O3/c1-9-10(7-8-14-9)5-6-11(13)15-12(2,3)4/h5-8H,1-4H3/b6-5+. The zero-order valence-electron chi connectivity index (χ0n) is 9.53. The highest BCUT2D eigenvalue weighted by Crippen LogP contribution is 2.12. The number of aryl methyl sites for hydroxylation is 1. The van der Waals surface area contributed by atoms with Crippen LogP contribution < -0.4 is 0 Å². The van der Waals surface area contributed by atoms with Crippen LogP contribution in [0.5, 0.6) is 0 Å². The summed E-state index contributed by atoms with van der Waals surface area (Å²) in [4.78, 5) is 11.3. The van der Waals surface area contributed by atoms with Gasteiger partial charge in [0, 0.05) is 11.6 Å². The minimum Gasteiger partial charge on any atom is -0.469 e. The summed E-state index contributed by atoms with van der Waals surface area (Å²) in [5.74, 6) is 0.443. The van der Waals surface area contributed by atoms with Crippen molar-refractivity contribution in [2.45, 2.75) is 33.3 Å². The topological polar surface area (TPSA) is 39.4 Å². The lowest BCUT2D eigenvalue weighted by atomic mass is 10.2. The molecule has 0 atom stereocenters. The summed E-state index contributed by atoms with van der Waals surface area (Å²) in [6.07, 6.45) is 4.68. The number of hydrogen-bond acceptors (Lipinski definition) is 3. The Balaban J connectivity index is 2.59. The van der Waals surface area contributed by atoms with Crippen molar-refractivity contribution in [3.63, 3.8) is 0 Å². The minimum atomic E-state index is -0.452. The van der Waals surface area contributed by atoms with Crippen LogP contribution in [0, 0.1) is 6.92 Å². The van der Waals surface area contributed by atoms with Crippen LogP contribution in [0.25, 0.3) is 6.08 Å². The molecule has 82 valence electrons. The van der Waals surface area contributed by atoms with Crippen molar-refractivity contribution in [3.8, 4) is 0 Å². The molecule has 0 aliphatic carbocycles. The molecule has 1 aromatic rings. The number of ether oxygens (including phenoxy) is 1. The van der Waals surface area contributed by atoms with Crippen molar-refractivity contribution >= 4 is 12.0 Å². The first-order valence-electron chi connectivity index (χ1n) is 4.83. The number of carbonyl (C=O) groups is 1. The van der Waals surface area contributed by atoms with Gasteiger partial charge in [0.05, 0.1) is 6.26 Å². The predicted molar refractivity (Wildman–Crippen MR) is 58.3 cm³/mol. The first kappa shape index (κ1) is 11.6. The molecule has 0 saturated carbocycles. The van der Waals surface area contributed by atoms with Crippen molar-refractivity contribution < 1.29 is 13.9 Å². The molecule has 0 aliphatic heterocycles. The third kappa shape index (κ3) is 4.02. The Hall–Kier alpha value is -1.51.